The number of nitrogens with zero attached hydrogens (tertiary/aromatic N) is 3. The van der Waals surface area contributed by atoms with Gasteiger partial charge in [-0.15, -0.1) is 0 Å². The smallest absolute Gasteiger partial charge is 0.392 e. The van der Waals surface area contributed by atoms with Gasteiger partial charge < -0.3 is 15.0 Å². The maximum absolute atomic E-state index is 13.1. The molecule has 0 saturated heterocycles. The molecule has 0 radical (unpaired) electrons. The first-order chi connectivity index (χ1) is 16.1. The number of nitrogens with one attached hydrogen (secondary N) is 1. The van der Waals surface area contributed by atoms with E-state index < -0.39 is 19.2 Å². The molecule has 34 heavy (non-hydrogen) atoms. The quantitative estimate of drug-likeness (QED) is 0.582. The van der Waals surface area contributed by atoms with E-state index in [0.29, 0.717) is 34.8 Å². The Labute approximate surface area is 195 Å². The van der Waals surface area contributed by atoms with Gasteiger partial charge in [0.1, 0.15) is 5.82 Å². The van der Waals surface area contributed by atoms with Gasteiger partial charge in [-0.25, -0.2) is 9.97 Å². The number of alkyl halides is 3. The minimum Gasteiger partial charge on any atom is -0.477 e. The lowest BCUT2D eigenvalue weighted by Crippen LogP contribution is -2.27. The number of amides is 2. The molecule has 4 rings (SSSR count). The van der Waals surface area contributed by atoms with E-state index in [4.69, 9.17) is 4.74 Å². The van der Waals surface area contributed by atoms with E-state index >= 15 is 0 Å². The molecule has 1 aliphatic carbocycles. The molecule has 7 nitrogen and oxygen atoms in total. The van der Waals surface area contributed by atoms with Crippen LogP contribution in [0, 0.1) is 12.8 Å². The molecule has 0 bridgehead atoms. The Morgan fingerprint density at radius 1 is 1.32 bits per heavy atom. The van der Waals surface area contributed by atoms with Crippen molar-refractivity contribution >= 4 is 17.6 Å². The van der Waals surface area contributed by atoms with Crippen LogP contribution < -0.4 is 10.1 Å². The summed E-state index contributed by atoms with van der Waals surface area (Å²) in [5, 5.41) is 2.87. The van der Waals surface area contributed by atoms with Crippen LogP contribution in [-0.4, -0.2) is 39.5 Å². The Morgan fingerprint density at radius 3 is 2.74 bits per heavy atom. The van der Waals surface area contributed by atoms with Gasteiger partial charge in [-0.05, 0) is 50.3 Å². The number of carbonyl (C=O) groups is 2. The number of anilines is 1. The van der Waals surface area contributed by atoms with Gasteiger partial charge in [-0.2, -0.15) is 13.2 Å². The summed E-state index contributed by atoms with van der Waals surface area (Å²) in [4.78, 5) is 35.6. The highest BCUT2D eigenvalue weighted by Crippen LogP contribution is 2.35. The Bertz CT molecular complexity index is 1090. The molecule has 1 atom stereocenters. The molecular formula is C24H27F3N4O3. The van der Waals surface area contributed by atoms with Gasteiger partial charge >= 0.3 is 6.18 Å². The Kier molecular flexibility index (Phi) is 6.77. The standard InChI is InChI=1S/C24H27F3N4O3/c1-14-10-17(12-29-22(14)34-9-7-24(25,26)27)15(2)31-13-19-18(23(31)33)6-8-28-21(19)30-20(32)11-16-4-3-5-16/h6,8,10,12,15-16H,3-5,7,9,11,13H2,1-2H3,(H,28,30,32). The Balaban J connectivity index is 1.44. The van der Waals surface area contributed by atoms with Crippen LogP contribution in [0.4, 0.5) is 19.0 Å². The maximum atomic E-state index is 13.1. The number of aromatic nitrogens is 2. The predicted octanol–water partition coefficient (Wildman–Crippen LogP) is 4.96. The normalized spacial score (nSPS) is 16.7. The van der Waals surface area contributed by atoms with Crippen molar-refractivity contribution in [1.29, 1.82) is 0 Å². The zero-order valence-corrected chi connectivity index (χ0v) is 19.1. The van der Waals surface area contributed by atoms with Gasteiger partial charge in [0.05, 0.1) is 25.6 Å². The van der Waals surface area contributed by atoms with E-state index in [1.807, 2.05) is 6.92 Å². The number of aryl methyl sites for hydroxylation is 1. The highest BCUT2D eigenvalue weighted by atomic mass is 19.4. The molecule has 1 fully saturated rings. The molecule has 2 aromatic heterocycles. The Hall–Kier alpha value is -3.17. The lowest BCUT2D eigenvalue weighted by molar-refractivity contribution is -0.139. The van der Waals surface area contributed by atoms with Gasteiger partial charge in [0.25, 0.3) is 5.91 Å². The van der Waals surface area contributed by atoms with Crippen LogP contribution in [0.1, 0.15) is 72.1 Å². The third kappa shape index (κ3) is 5.31. The first-order valence-corrected chi connectivity index (χ1v) is 11.4. The van der Waals surface area contributed by atoms with Crippen LogP contribution in [-0.2, 0) is 11.3 Å². The fourth-order valence-corrected chi connectivity index (χ4v) is 4.22. The molecule has 1 saturated carbocycles. The van der Waals surface area contributed by atoms with E-state index in [9.17, 15) is 22.8 Å². The third-order valence-electron chi connectivity index (χ3n) is 6.46. The van der Waals surface area contributed by atoms with Crippen LogP contribution in [0.25, 0.3) is 0 Å². The minimum absolute atomic E-state index is 0.0921. The van der Waals surface area contributed by atoms with Gasteiger partial charge in [0, 0.05) is 35.5 Å². The summed E-state index contributed by atoms with van der Waals surface area (Å²) >= 11 is 0. The van der Waals surface area contributed by atoms with Gasteiger partial charge in [0.2, 0.25) is 11.8 Å². The molecule has 2 aliphatic rings. The first-order valence-electron chi connectivity index (χ1n) is 11.4. The van der Waals surface area contributed by atoms with E-state index in [1.165, 1.54) is 12.4 Å². The molecular weight excluding hydrogens is 449 g/mol. The summed E-state index contributed by atoms with van der Waals surface area (Å²) in [5.41, 5.74) is 2.49. The molecule has 10 heteroatoms. The van der Waals surface area contributed by atoms with Crippen LogP contribution in [0.15, 0.2) is 24.5 Å². The second-order valence-corrected chi connectivity index (χ2v) is 8.95. The van der Waals surface area contributed by atoms with Gasteiger partial charge in [-0.3, -0.25) is 9.59 Å². The number of rotatable bonds is 8. The molecule has 1 aliphatic heterocycles. The molecule has 2 aromatic rings. The largest absolute Gasteiger partial charge is 0.477 e. The number of halogens is 3. The zero-order chi connectivity index (χ0) is 24.5. The van der Waals surface area contributed by atoms with Crippen molar-refractivity contribution in [3.63, 3.8) is 0 Å². The SMILES string of the molecule is Cc1cc(C(C)N2Cc3c(ccnc3NC(=O)CC3CCC3)C2=O)cnc1OCCC(F)(F)F. The highest BCUT2D eigenvalue weighted by molar-refractivity contribution is 6.01. The van der Waals surface area contributed by atoms with Crippen molar-refractivity contribution in [2.45, 2.75) is 64.7 Å². The van der Waals surface area contributed by atoms with E-state index in [1.54, 1.807) is 24.0 Å². The summed E-state index contributed by atoms with van der Waals surface area (Å²) in [6.45, 7) is 3.33. The average Bonchev–Trinajstić information content (AvgIpc) is 3.08. The summed E-state index contributed by atoms with van der Waals surface area (Å²) in [5.74, 6) is 0.698. The number of hydrogen-bond acceptors (Lipinski definition) is 5. The highest BCUT2D eigenvalue weighted by Gasteiger charge is 2.34. The lowest BCUT2D eigenvalue weighted by Gasteiger charge is -2.25. The van der Waals surface area contributed by atoms with Crippen LogP contribution >= 0.6 is 0 Å². The molecule has 1 unspecified atom stereocenters. The van der Waals surface area contributed by atoms with Crippen LogP contribution in [0.3, 0.4) is 0 Å². The monoisotopic (exact) mass is 476 g/mol. The lowest BCUT2D eigenvalue weighted by atomic mass is 9.83. The second-order valence-electron chi connectivity index (χ2n) is 8.95. The molecule has 0 spiro atoms. The number of hydrogen-bond donors (Lipinski definition) is 1. The predicted molar refractivity (Wildman–Crippen MR) is 118 cm³/mol. The van der Waals surface area contributed by atoms with Crippen molar-refractivity contribution in [1.82, 2.24) is 14.9 Å². The zero-order valence-electron chi connectivity index (χ0n) is 19.1. The van der Waals surface area contributed by atoms with Gasteiger partial charge in [-0.1, -0.05) is 6.42 Å². The number of fused-ring (bicyclic) bond motifs is 1. The van der Waals surface area contributed by atoms with Gasteiger partial charge in [0.15, 0.2) is 0 Å². The summed E-state index contributed by atoms with van der Waals surface area (Å²) in [7, 11) is 0. The van der Waals surface area contributed by atoms with Crippen LogP contribution in [0.5, 0.6) is 5.88 Å². The number of pyridine rings is 2. The Morgan fingerprint density at radius 2 is 2.09 bits per heavy atom. The average molecular weight is 476 g/mol. The van der Waals surface area contributed by atoms with Crippen molar-refractivity contribution in [3.8, 4) is 5.88 Å². The minimum atomic E-state index is -4.29. The summed E-state index contributed by atoms with van der Waals surface area (Å²) in [6.07, 6.45) is 1.43. The van der Waals surface area contributed by atoms with Crippen LogP contribution in [0.2, 0.25) is 0 Å². The second kappa shape index (κ2) is 9.60. The van der Waals surface area contributed by atoms with E-state index in [0.717, 1.165) is 24.8 Å². The van der Waals surface area contributed by atoms with Crippen molar-refractivity contribution in [2.75, 3.05) is 11.9 Å². The van der Waals surface area contributed by atoms with Crippen molar-refractivity contribution in [2.24, 2.45) is 5.92 Å². The molecule has 1 N–H and O–H groups in total. The number of carbonyl (C=O) groups excluding carboxylic acids is 2. The van der Waals surface area contributed by atoms with Crippen molar-refractivity contribution < 1.29 is 27.5 Å². The molecule has 182 valence electrons. The van der Waals surface area contributed by atoms with E-state index in [2.05, 4.69) is 15.3 Å². The third-order valence-corrected chi connectivity index (χ3v) is 6.46. The number of ether oxygens (including phenoxy) is 1. The molecule has 0 aromatic carbocycles. The summed E-state index contributed by atoms with van der Waals surface area (Å²) < 4.78 is 42.3. The topological polar surface area (TPSA) is 84.4 Å². The summed E-state index contributed by atoms with van der Waals surface area (Å²) in [6, 6.07) is 3.05. The van der Waals surface area contributed by atoms with E-state index in [-0.39, 0.29) is 30.3 Å². The molecule has 2 amide bonds. The maximum Gasteiger partial charge on any atom is 0.392 e. The molecule has 3 heterocycles. The fourth-order valence-electron chi connectivity index (χ4n) is 4.22. The fraction of sp³-hybridized carbons (Fsp3) is 0.500. The van der Waals surface area contributed by atoms with Crippen molar-refractivity contribution in [3.05, 3.63) is 46.8 Å². The first kappa shape index (κ1) is 24.0.